The van der Waals surface area contributed by atoms with Gasteiger partial charge in [0.15, 0.2) is 6.10 Å². The summed E-state index contributed by atoms with van der Waals surface area (Å²) in [6.45, 7) is 8.90. The third kappa shape index (κ3) is 3.79. The summed E-state index contributed by atoms with van der Waals surface area (Å²) in [4.78, 5) is 27.9. The number of aliphatic hydroxyl groups excluding tert-OH is 1. The van der Waals surface area contributed by atoms with Gasteiger partial charge in [0, 0.05) is 19.6 Å². The van der Waals surface area contributed by atoms with Crippen LogP contribution < -0.4 is 0 Å². The van der Waals surface area contributed by atoms with Crippen LogP contribution in [0.4, 0.5) is 0 Å². The predicted molar refractivity (Wildman–Crippen MR) is 88.5 cm³/mol. The summed E-state index contributed by atoms with van der Waals surface area (Å²) in [5.41, 5.74) is 0.586. The first-order chi connectivity index (χ1) is 11.0. The van der Waals surface area contributed by atoms with Crippen molar-refractivity contribution < 1.29 is 14.7 Å². The van der Waals surface area contributed by atoms with Crippen molar-refractivity contribution >= 4 is 11.8 Å². The van der Waals surface area contributed by atoms with Gasteiger partial charge < -0.3 is 14.9 Å². The number of carbonyl (C=O) groups is 2. The van der Waals surface area contributed by atoms with Crippen LogP contribution in [0.3, 0.4) is 0 Å². The molecule has 0 saturated carbocycles. The van der Waals surface area contributed by atoms with E-state index in [9.17, 15) is 14.7 Å². The third-order valence-corrected chi connectivity index (χ3v) is 4.31. The number of hydrogen-bond acceptors (Lipinski definition) is 3. The molecule has 0 aliphatic carbocycles. The Morgan fingerprint density at radius 1 is 1.26 bits per heavy atom. The molecule has 1 aliphatic rings. The van der Waals surface area contributed by atoms with Gasteiger partial charge in [-0.2, -0.15) is 0 Å². The van der Waals surface area contributed by atoms with Gasteiger partial charge in [0.05, 0.1) is 6.04 Å². The molecule has 124 valence electrons. The minimum atomic E-state index is -1.16. The SMILES string of the molecule is C=CC(=O)N1CCN(C(=O)C(O)c2ccccc2)C[C@@H]1C(C)C. The molecule has 5 heteroatoms. The standard InChI is InChI=1S/C18H24N2O3/c1-4-16(21)20-11-10-19(12-15(20)13(2)3)18(23)17(22)14-8-6-5-7-9-14/h4-9,13,15,17,22H,1,10-12H2,2-3H3/t15-,17?/m1/s1. The fraction of sp³-hybridized carbons (Fsp3) is 0.444. The molecule has 1 aromatic carbocycles. The van der Waals surface area contributed by atoms with Crippen LogP contribution in [0.25, 0.3) is 0 Å². The van der Waals surface area contributed by atoms with E-state index in [1.165, 1.54) is 6.08 Å². The molecule has 0 aromatic heterocycles. The second-order valence-corrected chi connectivity index (χ2v) is 6.14. The van der Waals surface area contributed by atoms with Crippen molar-refractivity contribution in [1.29, 1.82) is 0 Å². The monoisotopic (exact) mass is 316 g/mol. The zero-order valence-corrected chi connectivity index (χ0v) is 13.7. The number of carbonyl (C=O) groups excluding carboxylic acids is 2. The number of amides is 2. The molecule has 0 spiro atoms. The summed E-state index contributed by atoms with van der Waals surface area (Å²) in [5.74, 6) is -0.213. The fourth-order valence-corrected chi connectivity index (χ4v) is 2.92. The normalized spacial score (nSPS) is 19.6. The summed E-state index contributed by atoms with van der Waals surface area (Å²) >= 11 is 0. The van der Waals surface area contributed by atoms with E-state index in [4.69, 9.17) is 0 Å². The van der Waals surface area contributed by atoms with Crippen LogP contribution in [-0.4, -0.2) is 52.4 Å². The van der Waals surface area contributed by atoms with Crippen molar-refractivity contribution in [3.05, 3.63) is 48.6 Å². The third-order valence-electron chi connectivity index (χ3n) is 4.31. The zero-order valence-electron chi connectivity index (χ0n) is 13.7. The van der Waals surface area contributed by atoms with E-state index in [0.29, 0.717) is 25.2 Å². The topological polar surface area (TPSA) is 60.9 Å². The first-order valence-corrected chi connectivity index (χ1v) is 7.90. The van der Waals surface area contributed by atoms with E-state index in [1.54, 1.807) is 34.1 Å². The molecule has 1 heterocycles. The highest BCUT2D eigenvalue weighted by molar-refractivity contribution is 5.88. The lowest BCUT2D eigenvalue weighted by atomic mass is 9.98. The molecule has 23 heavy (non-hydrogen) atoms. The van der Waals surface area contributed by atoms with Gasteiger partial charge in [0.1, 0.15) is 0 Å². The molecule has 1 fully saturated rings. The number of hydrogen-bond donors (Lipinski definition) is 1. The van der Waals surface area contributed by atoms with Crippen molar-refractivity contribution in [2.24, 2.45) is 5.92 Å². The van der Waals surface area contributed by atoms with Gasteiger partial charge in [-0.05, 0) is 17.6 Å². The largest absolute Gasteiger partial charge is 0.378 e. The van der Waals surface area contributed by atoms with Crippen LogP contribution in [0.15, 0.2) is 43.0 Å². The summed E-state index contributed by atoms with van der Waals surface area (Å²) in [6, 6.07) is 8.84. The molecular formula is C18H24N2O3. The summed E-state index contributed by atoms with van der Waals surface area (Å²) in [5, 5.41) is 10.3. The van der Waals surface area contributed by atoms with Crippen LogP contribution in [0.1, 0.15) is 25.5 Å². The van der Waals surface area contributed by atoms with Crippen LogP contribution in [0.2, 0.25) is 0 Å². The number of benzene rings is 1. The van der Waals surface area contributed by atoms with Crippen molar-refractivity contribution in [3.8, 4) is 0 Å². The first-order valence-electron chi connectivity index (χ1n) is 7.90. The molecule has 0 radical (unpaired) electrons. The second kappa shape index (κ2) is 7.42. The highest BCUT2D eigenvalue weighted by Crippen LogP contribution is 2.22. The van der Waals surface area contributed by atoms with Gasteiger partial charge in [-0.25, -0.2) is 0 Å². The Morgan fingerprint density at radius 2 is 1.91 bits per heavy atom. The lowest BCUT2D eigenvalue weighted by Gasteiger charge is -2.43. The Kier molecular flexibility index (Phi) is 5.55. The van der Waals surface area contributed by atoms with Gasteiger partial charge >= 0.3 is 0 Å². The van der Waals surface area contributed by atoms with Gasteiger partial charge in [0.2, 0.25) is 5.91 Å². The summed E-state index contributed by atoms with van der Waals surface area (Å²) in [7, 11) is 0. The molecule has 1 aliphatic heterocycles. The van der Waals surface area contributed by atoms with Gasteiger partial charge in [-0.15, -0.1) is 0 Å². The Balaban J connectivity index is 2.11. The molecule has 1 saturated heterocycles. The Bertz CT molecular complexity index is 571. The highest BCUT2D eigenvalue weighted by Gasteiger charge is 2.35. The zero-order chi connectivity index (χ0) is 17.0. The average molecular weight is 316 g/mol. The van der Waals surface area contributed by atoms with Crippen molar-refractivity contribution in [3.63, 3.8) is 0 Å². The highest BCUT2D eigenvalue weighted by atomic mass is 16.3. The smallest absolute Gasteiger partial charge is 0.256 e. The molecule has 2 amide bonds. The molecule has 1 aromatic rings. The number of piperazine rings is 1. The maximum absolute atomic E-state index is 12.6. The minimum Gasteiger partial charge on any atom is -0.378 e. The quantitative estimate of drug-likeness (QED) is 0.858. The number of aliphatic hydroxyl groups is 1. The maximum Gasteiger partial charge on any atom is 0.256 e. The Morgan fingerprint density at radius 3 is 2.48 bits per heavy atom. The molecule has 0 bridgehead atoms. The lowest BCUT2D eigenvalue weighted by molar-refractivity contribution is -0.148. The van der Waals surface area contributed by atoms with Gasteiger partial charge in [-0.3, -0.25) is 9.59 Å². The van der Waals surface area contributed by atoms with E-state index >= 15 is 0 Å². The second-order valence-electron chi connectivity index (χ2n) is 6.14. The van der Waals surface area contributed by atoms with E-state index < -0.39 is 6.10 Å². The Hall–Kier alpha value is -2.14. The Labute approximate surface area is 137 Å². The fourth-order valence-electron chi connectivity index (χ4n) is 2.92. The molecule has 5 nitrogen and oxygen atoms in total. The van der Waals surface area contributed by atoms with Crippen molar-refractivity contribution in [1.82, 2.24) is 9.80 Å². The number of rotatable bonds is 4. The van der Waals surface area contributed by atoms with E-state index in [2.05, 4.69) is 6.58 Å². The van der Waals surface area contributed by atoms with Crippen LogP contribution >= 0.6 is 0 Å². The van der Waals surface area contributed by atoms with Crippen molar-refractivity contribution in [2.75, 3.05) is 19.6 Å². The first kappa shape index (κ1) is 17.2. The van der Waals surface area contributed by atoms with Crippen LogP contribution in [0, 0.1) is 5.92 Å². The van der Waals surface area contributed by atoms with Gasteiger partial charge in [-0.1, -0.05) is 50.8 Å². The molecule has 2 atom stereocenters. The maximum atomic E-state index is 12.6. The van der Waals surface area contributed by atoms with Crippen LogP contribution in [0.5, 0.6) is 0 Å². The molecular weight excluding hydrogens is 292 g/mol. The van der Waals surface area contributed by atoms with Crippen molar-refractivity contribution in [2.45, 2.75) is 26.0 Å². The minimum absolute atomic E-state index is 0.0684. The lowest BCUT2D eigenvalue weighted by Crippen LogP contribution is -2.58. The van der Waals surface area contributed by atoms with E-state index in [-0.39, 0.29) is 23.8 Å². The number of nitrogens with zero attached hydrogens (tertiary/aromatic N) is 2. The predicted octanol–water partition coefficient (Wildman–Crippen LogP) is 1.60. The average Bonchev–Trinajstić information content (AvgIpc) is 2.59. The summed E-state index contributed by atoms with van der Waals surface area (Å²) < 4.78 is 0. The van der Waals surface area contributed by atoms with E-state index in [0.717, 1.165) is 0 Å². The molecule has 1 unspecified atom stereocenters. The molecule has 1 N–H and O–H groups in total. The van der Waals surface area contributed by atoms with E-state index in [1.807, 2.05) is 19.9 Å². The summed E-state index contributed by atoms with van der Waals surface area (Å²) in [6.07, 6.45) is 0.150. The van der Waals surface area contributed by atoms with Gasteiger partial charge in [0.25, 0.3) is 5.91 Å². The molecule has 2 rings (SSSR count). The van der Waals surface area contributed by atoms with Crippen LogP contribution in [-0.2, 0) is 9.59 Å².